The van der Waals surface area contributed by atoms with E-state index < -0.39 is 12.1 Å². The highest BCUT2D eigenvalue weighted by Gasteiger charge is 2.47. The van der Waals surface area contributed by atoms with Crippen LogP contribution in [0.3, 0.4) is 0 Å². The molecule has 1 amide bonds. The average molecular weight is 485 g/mol. The molecular weight excluding hydrogens is 449 g/mol. The van der Waals surface area contributed by atoms with E-state index in [4.69, 9.17) is 14.6 Å². The molecule has 0 bridgehead atoms. The van der Waals surface area contributed by atoms with Crippen molar-refractivity contribution in [1.82, 2.24) is 9.80 Å². The van der Waals surface area contributed by atoms with Gasteiger partial charge >= 0.3 is 12.1 Å². The number of piperidine rings is 1. The van der Waals surface area contributed by atoms with Crippen LogP contribution >= 0.6 is 0 Å². The van der Waals surface area contributed by atoms with Gasteiger partial charge < -0.3 is 19.6 Å². The number of benzene rings is 1. The van der Waals surface area contributed by atoms with Crippen LogP contribution in [0.15, 0.2) is 24.3 Å². The summed E-state index contributed by atoms with van der Waals surface area (Å²) in [6.45, 7) is 8.03. The fourth-order valence-corrected chi connectivity index (χ4v) is 4.98. The Kier molecular flexibility index (Phi) is 8.62. The summed E-state index contributed by atoms with van der Waals surface area (Å²) >= 11 is 0. The monoisotopic (exact) mass is 484 g/mol. The van der Waals surface area contributed by atoms with Crippen LogP contribution in [0.25, 0.3) is 0 Å². The van der Waals surface area contributed by atoms with Gasteiger partial charge in [0.15, 0.2) is 0 Å². The molecule has 1 unspecified atom stereocenters. The lowest BCUT2D eigenvalue weighted by Crippen LogP contribution is -2.47. The van der Waals surface area contributed by atoms with Gasteiger partial charge in [-0.1, -0.05) is 19.1 Å². The first-order chi connectivity index (χ1) is 16.0. The Morgan fingerprint density at radius 1 is 1.12 bits per heavy atom. The van der Waals surface area contributed by atoms with Crippen LogP contribution in [-0.4, -0.2) is 79.4 Å². The highest BCUT2D eigenvalue weighted by Crippen LogP contribution is 2.44. The van der Waals surface area contributed by atoms with E-state index in [0.717, 1.165) is 70.1 Å². The quantitative estimate of drug-likeness (QED) is 0.659. The number of amides is 1. The number of carbonyl (C=O) groups is 2. The molecule has 0 aromatic heterocycles. The molecule has 6 nitrogen and oxygen atoms in total. The minimum absolute atomic E-state index is 0.195. The standard InChI is InChI=1S/C23H34N2O2.C2HF3O2/c1-3-18-6-8-20(9-7-18)22(26)25-12-10-23(11-13-25)17-24(2)14-21(23)16-27-15-19-4-5-19;3-2(4,5)1(6)7/h6-9,19,21H,3-5,10-17H2,1-2H3;(H,6,7). The smallest absolute Gasteiger partial charge is 0.475 e. The number of nitrogens with zero attached hydrogens (tertiary/aromatic N) is 2. The van der Waals surface area contributed by atoms with E-state index in [1.165, 1.54) is 18.4 Å². The predicted octanol–water partition coefficient (Wildman–Crippen LogP) is 4.09. The number of hydrogen-bond donors (Lipinski definition) is 1. The summed E-state index contributed by atoms with van der Waals surface area (Å²) in [5, 5.41) is 7.12. The van der Waals surface area contributed by atoms with E-state index in [9.17, 15) is 18.0 Å². The predicted molar refractivity (Wildman–Crippen MR) is 122 cm³/mol. The third-order valence-electron chi connectivity index (χ3n) is 7.25. The zero-order chi connectivity index (χ0) is 24.9. The summed E-state index contributed by atoms with van der Waals surface area (Å²) in [5.74, 6) is -1.12. The number of alkyl halides is 3. The molecule has 1 saturated carbocycles. The number of aliphatic carboxylic acids is 1. The normalized spacial score (nSPS) is 22.4. The van der Waals surface area contributed by atoms with Gasteiger partial charge in [-0.25, -0.2) is 4.79 Å². The number of likely N-dealkylation sites (tertiary alicyclic amines) is 2. The maximum absolute atomic E-state index is 12.9. The fraction of sp³-hybridized carbons (Fsp3) is 0.680. The molecule has 2 heterocycles. The maximum atomic E-state index is 12.9. The minimum atomic E-state index is -5.08. The van der Waals surface area contributed by atoms with Gasteiger partial charge in [0.05, 0.1) is 6.61 Å². The maximum Gasteiger partial charge on any atom is 0.490 e. The number of aryl methyl sites for hydroxylation is 1. The van der Waals surface area contributed by atoms with Gasteiger partial charge in [0.25, 0.3) is 5.91 Å². The molecule has 4 rings (SSSR count). The number of hydrogen-bond acceptors (Lipinski definition) is 4. The Bertz CT molecular complexity index is 832. The van der Waals surface area contributed by atoms with Crippen molar-refractivity contribution in [2.45, 2.75) is 45.2 Å². The van der Waals surface area contributed by atoms with Gasteiger partial charge in [-0.3, -0.25) is 4.79 Å². The molecular formula is C25H35F3N2O4. The van der Waals surface area contributed by atoms with E-state index in [-0.39, 0.29) is 5.91 Å². The summed E-state index contributed by atoms with van der Waals surface area (Å²) in [6, 6.07) is 8.14. The number of carboxylic acids is 1. The SMILES string of the molecule is CCc1ccc(C(=O)N2CCC3(CC2)CN(C)CC3COCC2CC2)cc1.O=C(O)C(F)(F)F. The van der Waals surface area contributed by atoms with Crippen LogP contribution in [0.4, 0.5) is 13.2 Å². The van der Waals surface area contributed by atoms with Gasteiger partial charge in [-0.05, 0) is 68.2 Å². The lowest BCUT2D eigenvalue weighted by atomic mass is 9.71. The van der Waals surface area contributed by atoms with E-state index in [1.807, 2.05) is 12.1 Å². The van der Waals surface area contributed by atoms with Crippen molar-refractivity contribution in [1.29, 1.82) is 0 Å². The number of carbonyl (C=O) groups excluding carboxylic acids is 1. The summed E-state index contributed by atoms with van der Waals surface area (Å²) < 4.78 is 37.8. The van der Waals surface area contributed by atoms with E-state index in [1.54, 1.807) is 0 Å². The van der Waals surface area contributed by atoms with E-state index in [2.05, 4.69) is 35.9 Å². The minimum Gasteiger partial charge on any atom is -0.475 e. The Morgan fingerprint density at radius 3 is 2.21 bits per heavy atom. The Hall–Kier alpha value is -2.13. The molecule has 2 aliphatic heterocycles. The van der Waals surface area contributed by atoms with Crippen LogP contribution in [-0.2, 0) is 16.0 Å². The largest absolute Gasteiger partial charge is 0.490 e. The Labute approximate surface area is 199 Å². The summed E-state index contributed by atoms with van der Waals surface area (Å²) in [7, 11) is 2.23. The number of ether oxygens (including phenoxy) is 1. The Balaban J connectivity index is 0.000000406. The molecule has 1 aliphatic carbocycles. The van der Waals surface area contributed by atoms with E-state index >= 15 is 0 Å². The zero-order valence-corrected chi connectivity index (χ0v) is 19.9. The van der Waals surface area contributed by atoms with Crippen molar-refractivity contribution in [3.8, 4) is 0 Å². The second-order valence-corrected chi connectivity index (χ2v) is 9.88. The molecule has 1 atom stereocenters. The lowest BCUT2D eigenvalue weighted by Gasteiger charge is -2.42. The topological polar surface area (TPSA) is 70.1 Å². The van der Waals surface area contributed by atoms with Crippen molar-refractivity contribution >= 4 is 11.9 Å². The third kappa shape index (κ3) is 6.95. The van der Waals surface area contributed by atoms with Crippen molar-refractivity contribution < 1.29 is 32.6 Å². The van der Waals surface area contributed by atoms with Crippen LogP contribution in [0.2, 0.25) is 0 Å². The van der Waals surface area contributed by atoms with Crippen molar-refractivity contribution in [2.24, 2.45) is 17.3 Å². The summed E-state index contributed by atoms with van der Waals surface area (Å²) in [6.07, 6.45) is 0.845. The van der Waals surface area contributed by atoms with Gasteiger partial charge in [0, 0.05) is 44.3 Å². The van der Waals surface area contributed by atoms with Gasteiger partial charge in [0.2, 0.25) is 0 Å². The first-order valence-corrected chi connectivity index (χ1v) is 12.0. The molecule has 34 heavy (non-hydrogen) atoms. The van der Waals surface area contributed by atoms with Gasteiger partial charge in [0.1, 0.15) is 0 Å². The van der Waals surface area contributed by atoms with Gasteiger partial charge in [-0.15, -0.1) is 0 Å². The lowest BCUT2D eigenvalue weighted by molar-refractivity contribution is -0.192. The number of rotatable bonds is 6. The molecule has 1 N–H and O–H groups in total. The van der Waals surface area contributed by atoms with Gasteiger partial charge in [-0.2, -0.15) is 13.2 Å². The Morgan fingerprint density at radius 2 is 1.71 bits per heavy atom. The molecule has 1 aromatic rings. The average Bonchev–Trinajstić information content (AvgIpc) is 3.57. The highest BCUT2D eigenvalue weighted by atomic mass is 19.4. The highest BCUT2D eigenvalue weighted by molar-refractivity contribution is 5.94. The summed E-state index contributed by atoms with van der Waals surface area (Å²) in [4.78, 5) is 26.3. The number of halogens is 3. The van der Waals surface area contributed by atoms with Crippen LogP contribution < -0.4 is 0 Å². The van der Waals surface area contributed by atoms with Crippen LogP contribution in [0.5, 0.6) is 0 Å². The molecule has 2 saturated heterocycles. The molecule has 3 aliphatic rings. The van der Waals surface area contributed by atoms with Crippen molar-refractivity contribution in [2.75, 3.05) is 46.4 Å². The molecule has 0 radical (unpaired) electrons. The zero-order valence-electron chi connectivity index (χ0n) is 19.9. The summed E-state index contributed by atoms with van der Waals surface area (Å²) in [5.41, 5.74) is 2.45. The van der Waals surface area contributed by atoms with Crippen molar-refractivity contribution in [3.05, 3.63) is 35.4 Å². The van der Waals surface area contributed by atoms with Crippen LogP contribution in [0.1, 0.15) is 48.5 Å². The first kappa shape index (κ1) is 26.5. The molecule has 1 aromatic carbocycles. The second-order valence-electron chi connectivity index (χ2n) is 9.88. The molecule has 3 fully saturated rings. The number of carboxylic acid groups (broad SMARTS) is 1. The third-order valence-corrected chi connectivity index (χ3v) is 7.25. The molecule has 9 heteroatoms. The van der Waals surface area contributed by atoms with Crippen LogP contribution in [0, 0.1) is 17.3 Å². The fourth-order valence-electron chi connectivity index (χ4n) is 4.98. The second kappa shape index (κ2) is 11.1. The van der Waals surface area contributed by atoms with Crippen molar-refractivity contribution in [3.63, 3.8) is 0 Å². The molecule has 1 spiro atoms. The first-order valence-electron chi connectivity index (χ1n) is 12.0. The van der Waals surface area contributed by atoms with E-state index in [0.29, 0.717) is 11.3 Å². The molecule has 190 valence electrons.